The first-order chi connectivity index (χ1) is 9.06. The van der Waals surface area contributed by atoms with E-state index in [1.807, 2.05) is 19.1 Å². The summed E-state index contributed by atoms with van der Waals surface area (Å²) in [6, 6.07) is 12.5. The molecule has 2 heteroatoms. The van der Waals surface area contributed by atoms with E-state index in [9.17, 15) is 0 Å². The summed E-state index contributed by atoms with van der Waals surface area (Å²) in [7, 11) is 1.72. The smallest absolute Gasteiger partial charge is 0.129 e. The van der Waals surface area contributed by atoms with E-state index in [1.165, 1.54) is 11.1 Å². The summed E-state index contributed by atoms with van der Waals surface area (Å²) in [5.41, 5.74) is 11.9. The largest absolute Gasteiger partial charge is 0.496 e. The van der Waals surface area contributed by atoms with Gasteiger partial charge >= 0.3 is 0 Å². The normalized spacial score (nSPS) is 12.3. The van der Waals surface area contributed by atoms with Crippen LogP contribution in [0.4, 0.5) is 0 Å². The van der Waals surface area contributed by atoms with E-state index in [1.54, 1.807) is 7.11 Å². The van der Waals surface area contributed by atoms with Gasteiger partial charge in [-0.3, -0.25) is 0 Å². The average Bonchev–Trinajstić information content (AvgIpc) is 2.41. The first-order valence-electron chi connectivity index (χ1n) is 6.55. The summed E-state index contributed by atoms with van der Waals surface area (Å²) in [5.74, 6) is 0.938. The molecule has 2 nitrogen and oxygen atoms in total. The van der Waals surface area contributed by atoms with Gasteiger partial charge in [-0.15, -0.1) is 0 Å². The van der Waals surface area contributed by atoms with Crippen LogP contribution in [-0.2, 0) is 0 Å². The highest BCUT2D eigenvalue weighted by Gasteiger charge is 2.14. The zero-order chi connectivity index (χ0) is 14.0. The van der Waals surface area contributed by atoms with E-state index in [-0.39, 0.29) is 6.04 Å². The summed E-state index contributed by atoms with van der Waals surface area (Å²) in [5, 5.41) is 0. The highest BCUT2D eigenvalue weighted by molar-refractivity contribution is 5.76. The highest BCUT2D eigenvalue weighted by Crippen LogP contribution is 2.37. The van der Waals surface area contributed by atoms with Crippen LogP contribution in [0.1, 0.15) is 29.7 Å². The van der Waals surface area contributed by atoms with Crippen molar-refractivity contribution in [2.24, 2.45) is 5.73 Å². The molecule has 0 aromatic heterocycles. The molecule has 0 bridgehead atoms. The average molecular weight is 255 g/mol. The van der Waals surface area contributed by atoms with Crippen LogP contribution in [0.5, 0.6) is 5.75 Å². The van der Waals surface area contributed by atoms with Gasteiger partial charge < -0.3 is 10.5 Å². The fourth-order valence-corrected chi connectivity index (χ4v) is 2.40. The maximum Gasteiger partial charge on any atom is 0.129 e. The van der Waals surface area contributed by atoms with Crippen LogP contribution in [0.15, 0.2) is 36.4 Å². The molecule has 2 rings (SSSR count). The van der Waals surface area contributed by atoms with Crippen LogP contribution in [0.25, 0.3) is 11.1 Å². The van der Waals surface area contributed by atoms with Gasteiger partial charge in [0.25, 0.3) is 0 Å². The van der Waals surface area contributed by atoms with E-state index in [0.717, 1.165) is 22.4 Å². The van der Waals surface area contributed by atoms with Gasteiger partial charge in [0, 0.05) is 11.6 Å². The van der Waals surface area contributed by atoms with Crippen molar-refractivity contribution in [1.82, 2.24) is 0 Å². The van der Waals surface area contributed by atoms with Crippen molar-refractivity contribution >= 4 is 0 Å². The number of ether oxygens (including phenoxy) is 1. The number of nitrogens with two attached hydrogens (primary N) is 1. The zero-order valence-electron chi connectivity index (χ0n) is 12.0. The number of methoxy groups -OCH3 is 1. The van der Waals surface area contributed by atoms with Crippen LogP contribution >= 0.6 is 0 Å². The fourth-order valence-electron chi connectivity index (χ4n) is 2.40. The molecule has 2 aromatic rings. The summed E-state index contributed by atoms with van der Waals surface area (Å²) < 4.78 is 5.61. The van der Waals surface area contributed by atoms with E-state index >= 15 is 0 Å². The van der Waals surface area contributed by atoms with Gasteiger partial charge in [-0.25, -0.2) is 0 Å². The lowest BCUT2D eigenvalue weighted by atomic mass is 9.93. The minimum atomic E-state index is 0.00233. The van der Waals surface area contributed by atoms with Crippen LogP contribution in [-0.4, -0.2) is 7.11 Å². The van der Waals surface area contributed by atoms with Crippen LogP contribution < -0.4 is 10.5 Å². The summed E-state index contributed by atoms with van der Waals surface area (Å²) in [4.78, 5) is 0. The number of aryl methyl sites for hydroxylation is 1. The minimum absolute atomic E-state index is 0.00233. The second kappa shape index (κ2) is 5.45. The molecule has 0 saturated carbocycles. The lowest BCUT2D eigenvalue weighted by molar-refractivity contribution is 0.413. The van der Waals surface area contributed by atoms with Crippen LogP contribution in [0.2, 0.25) is 0 Å². The maximum absolute atomic E-state index is 6.07. The number of rotatable bonds is 3. The third kappa shape index (κ3) is 2.49. The van der Waals surface area contributed by atoms with E-state index in [2.05, 4.69) is 38.1 Å². The summed E-state index contributed by atoms with van der Waals surface area (Å²) >= 11 is 0. The second-order valence-corrected chi connectivity index (χ2v) is 4.96. The molecular weight excluding hydrogens is 234 g/mol. The first-order valence-corrected chi connectivity index (χ1v) is 6.55. The third-order valence-electron chi connectivity index (χ3n) is 3.62. The van der Waals surface area contributed by atoms with Crippen molar-refractivity contribution in [3.8, 4) is 16.9 Å². The summed E-state index contributed by atoms with van der Waals surface area (Å²) in [6.45, 7) is 6.19. The lowest BCUT2D eigenvalue weighted by Crippen LogP contribution is -2.07. The second-order valence-electron chi connectivity index (χ2n) is 4.96. The van der Waals surface area contributed by atoms with E-state index in [0.29, 0.717) is 0 Å². The minimum Gasteiger partial charge on any atom is -0.496 e. The fraction of sp³-hybridized carbons (Fsp3) is 0.294. The quantitative estimate of drug-likeness (QED) is 0.899. The predicted octanol–water partition coefficient (Wildman–Crippen LogP) is 4.00. The summed E-state index contributed by atoms with van der Waals surface area (Å²) in [6.07, 6.45) is 0. The Hall–Kier alpha value is -1.80. The molecular formula is C17H21NO. The van der Waals surface area contributed by atoms with Crippen LogP contribution in [0.3, 0.4) is 0 Å². The molecule has 0 aliphatic heterocycles. The molecule has 0 amide bonds. The molecule has 0 aliphatic carbocycles. The Morgan fingerprint density at radius 2 is 1.68 bits per heavy atom. The van der Waals surface area contributed by atoms with Gasteiger partial charge in [-0.2, -0.15) is 0 Å². The van der Waals surface area contributed by atoms with Crippen molar-refractivity contribution in [3.63, 3.8) is 0 Å². The van der Waals surface area contributed by atoms with E-state index < -0.39 is 0 Å². The monoisotopic (exact) mass is 255 g/mol. The standard InChI is InChI=1S/C17H21NO/c1-11-9-10-16(17(19-4)12(11)2)15-8-6-5-7-14(15)13(3)18/h5-10,13H,18H2,1-4H3. The van der Waals surface area contributed by atoms with Crippen molar-refractivity contribution in [2.75, 3.05) is 7.11 Å². The molecule has 1 atom stereocenters. The molecule has 2 aromatic carbocycles. The van der Waals surface area contributed by atoms with E-state index in [4.69, 9.17) is 10.5 Å². The molecule has 2 N–H and O–H groups in total. The third-order valence-corrected chi connectivity index (χ3v) is 3.62. The maximum atomic E-state index is 6.07. The Bertz CT molecular complexity index is 588. The molecule has 0 fully saturated rings. The van der Waals surface area contributed by atoms with Crippen molar-refractivity contribution in [3.05, 3.63) is 53.1 Å². The van der Waals surface area contributed by atoms with Crippen LogP contribution in [0, 0.1) is 13.8 Å². The molecule has 0 radical (unpaired) electrons. The topological polar surface area (TPSA) is 35.2 Å². The number of benzene rings is 2. The predicted molar refractivity (Wildman–Crippen MR) is 80.5 cm³/mol. The Morgan fingerprint density at radius 3 is 2.32 bits per heavy atom. The Labute approximate surface area is 115 Å². The Kier molecular flexibility index (Phi) is 3.91. The molecule has 0 spiro atoms. The Morgan fingerprint density at radius 1 is 1.00 bits per heavy atom. The number of hydrogen-bond donors (Lipinski definition) is 1. The first kappa shape index (κ1) is 13.6. The molecule has 0 heterocycles. The SMILES string of the molecule is COc1c(-c2ccccc2C(C)N)ccc(C)c1C. The molecule has 19 heavy (non-hydrogen) atoms. The van der Waals surface area contributed by atoms with Crippen molar-refractivity contribution in [2.45, 2.75) is 26.8 Å². The van der Waals surface area contributed by atoms with Gasteiger partial charge in [0.1, 0.15) is 5.75 Å². The van der Waals surface area contributed by atoms with Gasteiger partial charge in [-0.1, -0.05) is 36.4 Å². The van der Waals surface area contributed by atoms with Gasteiger partial charge in [-0.05, 0) is 43.0 Å². The number of hydrogen-bond acceptors (Lipinski definition) is 2. The van der Waals surface area contributed by atoms with Gasteiger partial charge in [0.2, 0.25) is 0 Å². The highest BCUT2D eigenvalue weighted by atomic mass is 16.5. The van der Waals surface area contributed by atoms with Crippen molar-refractivity contribution in [1.29, 1.82) is 0 Å². The zero-order valence-corrected chi connectivity index (χ0v) is 12.0. The molecule has 1 unspecified atom stereocenters. The lowest BCUT2D eigenvalue weighted by Gasteiger charge is -2.18. The molecule has 100 valence electrons. The van der Waals surface area contributed by atoms with Gasteiger partial charge in [0.05, 0.1) is 7.11 Å². The Balaban J connectivity index is 2.69. The van der Waals surface area contributed by atoms with Crippen molar-refractivity contribution < 1.29 is 4.74 Å². The molecule has 0 aliphatic rings. The molecule has 0 saturated heterocycles. The van der Waals surface area contributed by atoms with Gasteiger partial charge in [0.15, 0.2) is 0 Å².